The summed E-state index contributed by atoms with van der Waals surface area (Å²) in [5.41, 5.74) is 25.7. The molecular formula is C105H187N17O26. The van der Waals surface area contributed by atoms with Crippen molar-refractivity contribution >= 4 is 130 Å². The van der Waals surface area contributed by atoms with Crippen molar-refractivity contribution in [2.24, 2.45) is 52.3 Å². The van der Waals surface area contributed by atoms with E-state index in [9.17, 15) is 101 Å². The third-order valence-electron chi connectivity index (χ3n) is 26.4. The summed E-state index contributed by atoms with van der Waals surface area (Å²) in [4.78, 5) is 272. The Labute approximate surface area is 878 Å². The standard InChI is InChI=1S/2C18H36.2C17H24N4O7.C14H24N4O4.C12H21N3O3.C4H5NO3.CH5N.CO2.3CH4/c2*1-2-4-6-8-10-12-14-16-18-17-15-13-11-9-7-5-3-1;2*1-2-11(17(18)27)20-9-10(7-15(20)25)8-19-12(22)3-6-16(26)28-21-13(23)4-5-14(21)24;1-3-10(14(15)22)18-8-9(6-13(18)21)7-17-12(20)5-4-11(19)16-2;1-3-9(12(13)18)15-7-8(5-11(15)17)6-14-10(16)4-2;6-3-1-2-4(7)5(3)8;1-2;2-1-3;;;/h2*1-18H2;2*10-11H,2-9H2,1H3,(H2,18,27)(H,19,22);9-10H,3-8H2,1-2H3,(H2,15,22)(H,16,19)(H,17,20);8-9H,3-7H2,1-2H3,(H2,13,18)(H,14,16);8H,1-2H2;2H2,1H3;;3*1H4/t;;2*10?,11-;9?,10-;8?,9-;;;;;;/m..1111....../s1. The highest BCUT2D eigenvalue weighted by Crippen LogP contribution is 2.28. The maximum atomic E-state index is 12.1. The predicted octanol–water partition coefficient (Wildman–Crippen LogP) is 10.0. The van der Waals surface area contributed by atoms with E-state index in [1.54, 1.807) is 27.7 Å². The van der Waals surface area contributed by atoms with Gasteiger partial charge in [-0.15, -0.1) is 10.1 Å². The molecule has 7 saturated heterocycles. The molecule has 848 valence electrons. The van der Waals surface area contributed by atoms with Crippen molar-refractivity contribution in [3.63, 3.8) is 0 Å². The van der Waals surface area contributed by atoms with Crippen LogP contribution >= 0.6 is 0 Å². The molecule has 16 N–H and O–H groups in total. The zero-order valence-electron chi connectivity index (χ0n) is 87.8. The number of hydroxylamine groups is 6. The molecule has 8 atom stereocenters. The molecule has 148 heavy (non-hydrogen) atoms. The number of nitrogens with zero attached hydrogens (tertiary/aromatic N) is 7. The van der Waals surface area contributed by atoms with Gasteiger partial charge in [0.15, 0.2) is 0 Å². The highest BCUT2D eigenvalue weighted by atomic mass is 16.7. The van der Waals surface area contributed by atoms with Gasteiger partial charge in [0, 0.05) is 179 Å². The molecule has 0 aromatic carbocycles. The normalized spacial score (nSPS) is 20.1. The summed E-state index contributed by atoms with van der Waals surface area (Å²) in [7, 11) is 3.02. The number of rotatable bonds is 32. The lowest BCUT2D eigenvalue weighted by atomic mass is 10.0. The quantitative estimate of drug-likeness (QED) is 0.0220. The molecule has 43 nitrogen and oxygen atoms in total. The summed E-state index contributed by atoms with van der Waals surface area (Å²) in [6.07, 6.45) is 57.2. The lowest BCUT2D eigenvalue weighted by Crippen LogP contribution is -2.45. The number of carbonyl (C=O) groups excluding carboxylic acids is 23. The van der Waals surface area contributed by atoms with Crippen LogP contribution in [0.1, 0.15) is 423 Å². The number of amides is 19. The van der Waals surface area contributed by atoms with Crippen molar-refractivity contribution in [1.29, 1.82) is 0 Å². The number of primary amides is 4. The van der Waals surface area contributed by atoms with Crippen molar-refractivity contribution in [2.45, 2.75) is 447 Å². The SMILES string of the molecule is C.C.C.C1CCCCCCCCCCCCCCCCC1.C1CCCCCCCCCCCCCCCCC1.CCC(=O)NCC1CC(=O)N([C@H](CC)C(N)=O)C1.CC[C@H](C(N)=O)N1CC(CNC(=O)CCC(=O)NC)CC1=O.CC[C@H](C(N)=O)N1CC(CNC(=O)CCC(=O)ON2C(=O)CCC2=O)CC1=O.CC[C@H](C(N)=O)N1CC(CNC(=O)CCC(=O)ON2C(=O)CCC2=O)CC1=O.CN.O=C1CCC(=O)N1O.O=C=O. The molecule has 0 bridgehead atoms. The van der Waals surface area contributed by atoms with Gasteiger partial charge in [-0.1, -0.05) is 288 Å². The van der Waals surface area contributed by atoms with Gasteiger partial charge in [0.2, 0.25) is 76.8 Å². The number of likely N-dealkylation sites (tertiary alicyclic amines) is 4. The van der Waals surface area contributed by atoms with E-state index in [0.717, 1.165) is 0 Å². The average Bonchev–Trinajstić information content (AvgIpc) is 1.69. The zero-order valence-corrected chi connectivity index (χ0v) is 87.8. The van der Waals surface area contributed by atoms with Crippen molar-refractivity contribution < 1.29 is 125 Å². The molecule has 9 rings (SSSR count). The molecule has 43 heteroatoms. The van der Waals surface area contributed by atoms with Crippen LogP contribution in [-0.2, 0) is 120 Å². The first-order valence-electron chi connectivity index (χ1n) is 53.3. The van der Waals surface area contributed by atoms with Crippen LogP contribution in [0.25, 0.3) is 0 Å². The maximum absolute atomic E-state index is 12.1. The van der Waals surface area contributed by atoms with Crippen LogP contribution in [0, 0.1) is 23.7 Å². The molecule has 2 aliphatic carbocycles. The van der Waals surface area contributed by atoms with Crippen molar-refractivity contribution in [1.82, 2.24) is 61.4 Å². The largest absolute Gasteiger partial charge is 0.373 e. The fourth-order valence-electron chi connectivity index (χ4n) is 18.0. The van der Waals surface area contributed by atoms with Crippen LogP contribution in [0.4, 0.5) is 0 Å². The van der Waals surface area contributed by atoms with E-state index < -0.39 is 107 Å². The molecule has 0 aromatic rings. The molecule has 2 saturated carbocycles. The van der Waals surface area contributed by atoms with Crippen molar-refractivity contribution in [3.05, 3.63) is 0 Å². The Morgan fingerprint density at radius 1 is 0.297 bits per heavy atom. The van der Waals surface area contributed by atoms with Gasteiger partial charge in [0.25, 0.3) is 35.4 Å². The highest BCUT2D eigenvalue weighted by molar-refractivity contribution is 6.03. The summed E-state index contributed by atoms with van der Waals surface area (Å²) < 4.78 is 0. The number of nitrogens with two attached hydrogens (primary N) is 5. The Hall–Kier alpha value is -11.2. The third kappa shape index (κ3) is 61.0. The van der Waals surface area contributed by atoms with Crippen LogP contribution in [0.15, 0.2) is 0 Å². The van der Waals surface area contributed by atoms with Crippen LogP contribution < -0.4 is 55.3 Å². The number of carbonyl (C=O) groups is 21. The van der Waals surface area contributed by atoms with E-state index in [4.69, 9.17) is 37.7 Å². The summed E-state index contributed by atoms with van der Waals surface area (Å²) in [5.74, 6) is -9.27. The van der Waals surface area contributed by atoms with Gasteiger partial charge in [-0.05, 0) is 32.7 Å². The molecule has 9 fully saturated rings. The highest BCUT2D eigenvalue weighted by Gasteiger charge is 2.42. The molecule has 0 aromatic heterocycles. The fraction of sp³-hybridized carbons (Fsp3) is 0.790. The van der Waals surface area contributed by atoms with Gasteiger partial charge in [0.1, 0.15) is 24.2 Å². The van der Waals surface area contributed by atoms with Crippen molar-refractivity contribution in [3.8, 4) is 0 Å². The molecule has 0 radical (unpaired) electrons. The summed E-state index contributed by atoms with van der Waals surface area (Å²) >= 11 is 0. The van der Waals surface area contributed by atoms with E-state index in [-0.39, 0.29) is 201 Å². The summed E-state index contributed by atoms with van der Waals surface area (Å²) in [6.45, 7) is 11.7. The summed E-state index contributed by atoms with van der Waals surface area (Å²) in [5, 5.41) is 22.6. The molecule has 9 aliphatic rings. The second-order valence-electron chi connectivity index (χ2n) is 38.0. The van der Waals surface area contributed by atoms with Gasteiger partial charge < -0.3 is 84.5 Å². The molecule has 4 unspecified atom stereocenters. The number of hydrogen-bond donors (Lipinski definition) is 11. The minimum Gasteiger partial charge on any atom is -0.368 e. The third-order valence-corrected chi connectivity index (χ3v) is 26.4. The first-order valence-corrected chi connectivity index (χ1v) is 53.3. The summed E-state index contributed by atoms with van der Waals surface area (Å²) in [6, 6.07) is -2.41. The lowest BCUT2D eigenvalue weighted by Gasteiger charge is -2.24. The van der Waals surface area contributed by atoms with Gasteiger partial charge in [0.05, 0.1) is 12.8 Å². The molecule has 7 aliphatic heterocycles. The average molecular weight is 2100 g/mol. The van der Waals surface area contributed by atoms with Crippen LogP contribution in [0.3, 0.4) is 0 Å². The van der Waals surface area contributed by atoms with Crippen LogP contribution in [-0.4, -0.2) is 261 Å². The van der Waals surface area contributed by atoms with Gasteiger partial charge in [-0.2, -0.15) is 14.7 Å². The Morgan fingerprint density at radius 3 is 0.622 bits per heavy atom. The fourth-order valence-corrected chi connectivity index (χ4v) is 18.0. The lowest BCUT2D eigenvalue weighted by molar-refractivity contribution is -0.197. The Balaban J connectivity index is -0.00000167. The van der Waals surface area contributed by atoms with E-state index in [1.807, 2.05) is 6.92 Å². The van der Waals surface area contributed by atoms with Crippen LogP contribution in [0.2, 0.25) is 0 Å². The topological polar surface area (TPSA) is 644 Å². The van der Waals surface area contributed by atoms with Gasteiger partial charge in [-0.25, -0.2) is 9.59 Å². The smallest absolute Gasteiger partial charge is 0.368 e. The van der Waals surface area contributed by atoms with E-state index in [0.29, 0.717) is 94.3 Å². The minimum absolute atomic E-state index is 0. The number of hydrogen-bond acceptors (Lipinski definition) is 27. The molecule has 0 spiro atoms. The predicted molar refractivity (Wildman–Crippen MR) is 555 cm³/mol. The molecule has 7 heterocycles. The first-order chi connectivity index (χ1) is 69.4. The van der Waals surface area contributed by atoms with Gasteiger partial charge in [-0.3, -0.25) is 96.3 Å². The Bertz CT molecular complexity index is 3690. The second kappa shape index (κ2) is 85.6. The number of nitrogens with one attached hydrogen (secondary N) is 5. The van der Waals surface area contributed by atoms with Gasteiger partial charge >= 0.3 is 18.1 Å². The van der Waals surface area contributed by atoms with E-state index >= 15 is 0 Å². The van der Waals surface area contributed by atoms with E-state index in [1.165, 1.54) is 265 Å². The first kappa shape index (κ1) is 141. The maximum Gasteiger partial charge on any atom is 0.373 e. The second-order valence-corrected chi connectivity index (χ2v) is 38.0. The zero-order chi connectivity index (χ0) is 108. The molecule has 19 amide bonds. The van der Waals surface area contributed by atoms with E-state index in [2.05, 4.69) is 42.0 Å². The van der Waals surface area contributed by atoms with Crippen molar-refractivity contribution in [2.75, 3.05) is 66.5 Å². The monoisotopic (exact) mass is 2100 g/mol. The van der Waals surface area contributed by atoms with Crippen LogP contribution in [0.5, 0.6) is 0 Å². The minimum atomic E-state index is -0.854. The Morgan fingerprint density at radius 2 is 0.466 bits per heavy atom. The molecular weight excluding hydrogens is 1920 g/mol. The number of imide groups is 3. The Kier molecular flexibility index (Phi) is 81.4.